The number of amidine groups is 1. The van der Waals surface area contributed by atoms with E-state index in [1.54, 1.807) is 35.6 Å². The SMILES string of the molecule is CCN(CC)c1nc(-c2ccc(OCCCCCOc3ccc(C(=N)NO)cc3)cc2)c(C(C)C)s1. The second-order valence-corrected chi connectivity index (χ2v) is 9.84. The van der Waals surface area contributed by atoms with Crippen molar-refractivity contribution >= 4 is 22.3 Å². The molecule has 3 rings (SSSR count). The summed E-state index contributed by atoms with van der Waals surface area (Å²) in [6.07, 6.45) is 2.91. The lowest BCUT2D eigenvalue weighted by molar-refractivity contribution is 0.234. The zero-order valence-corrected chi connectivity index (χ0v) is 22.5. The summed E-state index contributed by atoms with van der Waals surface area (Å²) in [6.45, 7) is 12.0. The zero-order valence-electron chi connectivity index (χ0n) is 21.7. The van der Waals surface area contributed by atoms with Crippen LogP contribution in [0, 0.1) is 5.41 Å². The van der Waals surface area contributed by atoms with Gasteiger partial charge in [0.1, 0.15) is 17.3 Å². The van der Waals surface area contributed by atoms with Gasteiger partial charge in [-0.25, -0.2) is 4.98 Å². The summed E-state index contributed by atoms with van der Waals surface area (Å²) in [5.74, 6) is 2.03. The van der Waals surface area contributed by atoms with E-state index in [1.165, 1.54) is 4.88 Å². The number of nitrogens with zero attached hydrogens (tertiary/aromatic N) is 2. The van der Waals surface area contributed by atoms with E-state index in [9.17, 15) is 0 Å². The van der Waals surface area contributed by atoms with E-state index in [-0.39, 0.29) is 5.84 Å². The molecule has 0 aliphatic heterocycles. The molecular weight excluding hydrogens is 472 g/mol. The van der Waals surface area contributed by atoms with E-state index in [0.717, 1.165) is 60.2 Å². The molecule has 7 nitrogen and oxygen atoms in total. The molecule has 3 aromatic rings. The standard InChI is InChI=1S/C28H38N4O3S/c1-5-32(6-2)28-30-25(26(36-28)20(3)4)21-10-14-23(15-11-21)34-18-8-7-9-19-35-24-16-12-22(13-17-24)27(29)31-33/h10-17,20,33H,5-9,18-19H2,1-4H3,(H2,29,31). The number of hydrogen-bond acceptors (Lipinski definition) is 7. The topological polar surface area (TPSA) is 90.7 Å². The Kier molecular flexibility index (Phi) is 10.6. The van der Waals surface area contributed by atoms with Gasteiger partial charge in [-0.05, 0) is 87.6 Å². The van der Waals surface area contributed by atoms with Gasteiger partial charge in [0.05, 0.1) is 18.9 Å². The summed E-state index contributed by atoms with van der Waals surface area (Å²) in [4.78, 5) is 8.62. The van der Waals surface area contributed by atoms with Crippen molar-refractivity contribution in [3.63, 3.8) is 0 Å². The van der Waals surface area contributed by atoms with Crippen LogP contribution in [0.2, 0.25) is 0 Å². The maximum Gasteiger partial charge on any atom is 0.186 e. The van der Waals surface area contributed by atoms with Crippen LogP contribution in [-0.4, -0.2) is 42.3 Å². The van der Waals surface area contributed by atoms with Crippen molar-refractivity contribution in [2.45, 2.75) is 52.9 Å². The molecule has 0 bridgehead atoms. The van der Waals surface area contributed by atoms with Gasteiger partial charge in [-0.15, -0.1) is 11.3 Å². The minimum absolute atomic E-state index is 0.0379. The average Bonchev–Trinajstić information content (AvgIpc) is 3.35. The Bertz CT molecular complexity index is 1080. The molecule has 0 saturated heterocycles. The third kappa shape index (κ3) is 7.45. The van der Waals surface area contributed by atoms with Gasteiger partial charge in [0.2, 0.25) is 0 Å². The van der Waals surface area contributed by atoms with Crippen molar-refractivity contribution in [2.24, 2.45) is 0 Å². The van der Waals surface area contributed by atoms with E-state index in [0.29, 0.717) is 24.7 Å². The number of thiazole rings is 1. The van der Waals surface area contributed by atoms with E-state index in [4.69, 9.17) is 25.1 Å². The van der Waals surface area contributed by atoms with Gasteiger partial charge < -0.3 is 14.4 Å². The third-order valence-corrected chi connectivity index (χ3v) is 7.33. The van der Waals surface area contributed by atoms with E-state index >= 15 is 0 Å². The fourth-order valence-corrected chi connectivity index (χ4v) is 5.02. The highest BCUT2D eigenvalue weighted by Gasteiger charge is 2.18. The molecule has 0 fully saturated rings. The van der Waals surface area contributed by atoms with Gasteiger partial charge in [-0.1, -0.05) is 13.8 Å². The highest BCUT2D eigenvalue weighted by atomic mass is 32.1. The number of hydroxylamine groups is 1. The Balaban J connectivity index is 1.42. The summed E-state index contributed by atoms with van der Waals surface area (Å²) < 4.78 is 11.7. The van der Waals surface area contributed by atoms with Crippen molar-refractivity contribution in [1.29, 1.82) is 5.41 Å². The Morgan fingerprint density at radius 2 is 1.50 bits per heavy atom. The molecule has 3 N–H and O–H groups in total. The van der Waals surface area contributed by atoms with Gasteiger partial charge in [0.15, 0.2) is 5.13 Å². The number of unbranched alkanes of at least 4 members (excludes halogenated alkanes) is 2. The van der Waals surface area contributed by atoms with E-state index in [1.807, 2.05) is 17.6 Å². The quantitative estimate of drug-likeness (QED) is 0.0966. The minimum Gasteiger partial charge on any atom is -0.494 e. The van der Waals surface area contributed by atoms with Crippen LogP contribution in [0.1, 0.15) is 63.3 Å². The van der Waals surface area contributed by atoms with Crippen LogP contribution in [0.25, 0.3) is 11.3 Å². The first-order valence-corrected chi connectivity index (χ1v) is 13.5. The van der Waals surface area contributed by atoms with Crippen molar-refractivity contribution < 1.29 is 14.7 Å². The van der Waals surface area contributed by atoms with Crippen molar-refractivity contribution in [1.82, 2.24) is 10.5 Å². The number of anilines is 1. The van der Waals surface area contributed by atoms with Crippen LogP contribution in [0.15, 0.2) is 48.5 Å². The molecule has 2 aromatic carbocycles. The maximum absolute atomic E-state index is 8.78. The van der Waals surface area contributed by atoms with Gasteiger partial charge in [0, 0.05) is 29.1 Å². The van der Waals surface area contributed by atoms with Crippen LogP contribution in [0.3, 0.4) is 0 Å². The van der Waals surface area contributed by atoms with Gasteiger partial charge in [-0.2, -0.15) is 0 Å². The highest BCUT2D eigenvalue weighted by molar-refractivity contribution is 7.16. The third-order valence-electron chi connectivity index (χ3n) is 5.91. The Hall–Kier alpha value is -3.10. The molecule has 0 unspecified atom stereocenters. The largest absolute Gasteiger partial charge is 0.494 e. The Labute approximate surface area is 218 Å². The Morgan fingerprint density at radius 1 is 0.944 bits per heavy atom. The summed E-state index contributed by atoms with van der Waals surface area (Å²) in [7, 11) is 0. The number of ether oxygens (including phenoxy) is 2. The molecule has 0 saturated carbocycles. The second-order valence-electron chi connectivity index (χ2n) is 8.83. The average molecular weight is 511 g/mol. The lowest BCUT2D eigenvalue weighted by Gasteiger charge is -2.16. The zero-order chi connectivity index (χ0) is 25.9. The minimum atomic E-state index is -0.0379. The van der Waals surface area contributed by atoms with Crippen LogP contribution >= 0.6 is 11.3 Å². The first kappa shape index (κ1) is 27.5. The second kappa shape index (κ2) is 13.8. The molecule has 0 aliphatic rings. The number of aromatic nitrogens is 1. The van der Waals surface area contributed by atoms with E-state index < -0.39 is 0 Å². The fraction of sp³-hybridized carbons (Fsp3) is 0.429. The normalized spacial score (nSPS) is 10.9. The van der Waals surface area contributed by atoms with Gasteiger partial charge in [-0.3, -0.25) is 16.1 Å². The summed E-state index contributed by atoms with van der Waals surface area (Å²) in [5.41, 5.74) is 4.66. The van der Waals surface area contributed by atoms with Crippen LogP contribution in [-0.2, 0) is 0 Å². The molecule has 0 spiro atoms. The molecule has 8 heteroatoms. The summed E-state index contributed by atoms with van der Waals surface area (Å²) >= 11 is 1.80. The van der Waals surface area contributed by atoms with Gasteiger partial charge >= 0.3 is 0 Å². The summed E-state index contributed by atoms with van der Waals surface area (Å²) in [6, 6.07) is 15.4. The number of nitrogens with one attached hydrogen (secondary N) is 2. The van der Waals surface area contributed by atoms with Crippen LogP contribution < -0.4 is 19.9 Å². The number of hydrogen-bond donors (Lipinski definition) is 3. The summed E-state index contributed by atoms with van der Waals surface area (Å²) in [5, 5.41) is 17.4. The Morgan fingerprint density at radius 3 is 2.00 bits per heavy atom. The molecule has 1 heterocycles. The maximum atomic E-state index is 8.78. The predicted molar refractivity (Wildman–Crippen MR) is 148 cm³/mol. The van der Waals surface area contributed by atoms with E-state index in [2.05, 4.69) is 44.7 Å². The number of benzene rings is 2. The smallest absolute Gasteiger partial charge is 0.186 e. The molecule has 194 valence electrons. The van der Waals surface area contributed by atoms with Crippen LogP contribution in [0.5, 0.6) is 11.5 Å². The molecule has 0 atom stereocenters. The first-order chi connectivity index (χ1) is 17.5. The molecular formula is C28H38N4O3S. The monoisotopic (exact) mass is 510 g/mol. The lowest BCUT2D eigenvalue weighted by Crippen LogP contribution is -2.21. The van der Waals surface area contributed by atoms with Gasteiger partial charge in [0.25, 0.3) is 0 Å². The van der Waals surface area contributed by atoms with Crippen LogP contribution in [0.4, 0.5) is 5.13 Å². The first-order valence-electron chi connectivity index (χ1n) is 12.7. The highest BCUT2D eigenvalue weighted by Crippen LogP contribution is 2.38. The molecule has 0 radical (unpaired) electrons. The predicted octanol–water partition coefficient (Wildman–Crippen LogP) is 6.71. The lowest BCUT2D eigenvalue weighted by atomic mass is 10.1. The molecule has 0 aliphatic carbocycles. The van der Waals surface area contributed by atoms with Crippen molar-refractivity contribution in [3.05, 3.63) is 59.0 Å². The molecule has 36 heavy (non-hydrogen) atoms. The fourth-order valence-electron chi connectivity index (χ4n) is 3.80. The number of rotatable bonds is 14. The van der Waals surface area contributed by atoms with Crippen molar-refractivity contribution in [2.75, 3.05) is 31.2 Å². The van der Waals surface area contributed by atoms with Crippen molar-refractivity contribution in [3.8, 4) is 22.8 Å². The molecule has 1 aromatic heterocycles. The molecule has 0 amide bonds.